The summed E-state index contributed by atoms with van der Waals surface area (Å²) in [5, 5.41) is 11.2. The maximum absolute atomic E-state index is 12.1. The molecule has 0 radical (unpaired) electrons. The molecule has 4 nitrogen and oxygen atoms in total. The molecule has 5 rings (SSSR count). The largest absolute Gasteiger partial charge is 0.465 e. The molecule has 7 atom stereocenters. The molecule has 130 valence electrons. The number of esters is 1. The normalized spacial score (nSPS) is 52.8. The SMILES string of the molecule is C[C@]12CCC(=O)C=C1CC[C@@H]1[C@@H]2[C@@H](O)C[C@]23COC(=O)[C@H]2CC[C@@H]13. The van der Waals surface area contributed by atoms with Crippen LogP contribution in [0.15, 0.2) is 11.6 Å². The average Bonchev–Trinajstić information content (AvgIpc) is 3.05. The van der Waals surface area contributed by atoms with Gasteiger partial charge in [0, 0.05) is 11.8 Å². The highest BCUT2D eigenvalue weighted by Gasteiger charge is 2.67. The van der Waals surface area contributed by atoms with Crippen molar-refractivity contribution >= 4 is 11.8 Å². The molecule has 3 saturated carbocycles. The minimum Gasteiger partial charge on any atom is -0.465 e. The van der Waals surface area contributed by atoms with Gasteiger partial charge in [0.05, 0.1) is 18.6 Å². The van der Waals surface area contributed by atoms with Gasteiger partial charge in [0.2, 0.25) is 0 Å². The molecule has 5 aliphatic rings. The predicted molar refractivity (Wildman–Crippen MR) is 86.9 cm³/mol. The number of ether oxygens (including phenoxy) is 1. The van der Waals surface area contributed by atoms with Crippen LogP contribution in [0.2, 0.25) is 0 Å². The molecule has 4 heteroatoms. The number of hydrogen-bond donors (Lipinski definition) is 1. The number of aliphatic hydroxyl groups excluding tert-OH is 1. The van der Waals surface area contributed by atoms with Crippen molar-refractivity contribution in [2.24, 2.45) is 34.5 Å². The maximum Gasteiger partial charge on any atom is 0.309 e. The van der Waals surface area contributed by atoms with Gasteiger partial charge in [-0.25, -0.2) is 0 Å². The summed E-state index contributed by atoms with van der Waals surface area (Å²) in [7, 11) is 0. The van der Waals surface area contributed by atoms with Gasteiger partial charge < -0.3 is 9.84 Å². The third-order valence-electron chi connectivity index (χ3n) is 8.39. The summed E-state index contributed by atoms with van der Waals surface area (Å²) in [6.07, 6.45) is 7.71. The second-order valence-electron chi connectivity index (χ2n) is 9.13. The van der Waals surface area contributed by atoms with Gasteiger partial charge in [0.25, 0.3) is 0 Å². The lowest BCUT2D eigenvalue weighted by Crippen LogP contribution is -2.57. The first-order valence-electron chi connectivity index (χ1n) is 9.54. The van der Waals surface area contributed by atoms with E-state index in [0.717, 1.165) is 32.1 Å². The van der Waals surface area contributed by atoms with Crippen LogP contribution < -0.4 is 0 Å². The van der Waals surface area contributed by atoms with Gasteiger partial charge in [0.15, 0.2) is 5.78 Å². The minimum absolute atomic E-state index is 0.00998. The average molecular weight is 330 g/mol. The molecule has 0 aromatic rings. The highest BCUT2D eigenvalue weighted by molar-refractivity contribution is 5.91. The summed E-state index contributed by atoms with van der Waals surface area (Å²) in [6.45, 7) is 2.78. The van der Waals surface area contributed by atoms with Gasteiger partial charge in [-0.2, -0.15) is 0 Å². The van der Waals surface area contributed by atoms with E-state index in [0.29, 0.717) is 31.3 Å². The second kappa shape index (κ2) is 4.72. The Kier molecular flexibility index (Phi) is 2.97. The zero-order chi connectivity index (χ0) is 16.7. The monoisotopic (exact) mass is 330 g/mol. The number of ketones is 1. The topological polar surface area (TPSA) is 63.6 Å². The Morgan fingerprint density at radius 2 is 2.04 bits per heavy atom. The molecule has 4 aliphatic carbocycles. The molecule has 0 unspecified atom stereocenters. The number of fused-ring (bicyclic) bond motifs is 4. The highest BCUT2D eigenvalue weighted by atomic mass is 16.5. The molecule has 1 spiro atoms. The van der Waals surface area contributed by atoms with E-state index in [2.05, 4.69) is 6.92 Å². The fourth-order valence-electron chi connectivity index (χ4n) is 7.40. The number of carbonyl (C=O) groups excluding carboxylic acids is 2. The quantitative estimate of drug-likeness (QED) is 0.694. The van der Waals surface area contributed by atoms with E-state index in [4.69, 9.17) is 4.74 Å². The lowest BCUT2D eigenvalue weighted by molar-refractivity contribution is -0.141. The number of hydrogen-bond acceptors (Lipinski definition) is 4. The molecule has 1 aliphatic heterocycles. The maximum atomic E-state index is 12.1. The second-order valence-corrected chi connectivity index (χ2v) is 9.13. The lowest BCUT2D eigenvalue weighted by Gasteiger charge is -2.59. The lowest BCUT2D eigenvalue weighted by atomic mass is 9.46. The molecular weight excluding hydrogens is 304 g/mol. The number of allylic oxidation sites excluding steroid dienone is 1. The fraction of sp³-hybridized carbons (Fsp3) is 0.800. The summed E-state index contributed by atoms with van der Waals surface area (Å²) in [5.41, 5.74) is 1.11. The van der Waals surface area contributed by atoms with Crippen LogP contribution in [0.1, 0.15) is 51.9 Å². The van der Waals surface area contributed by atoms with Crippen molar-refractivity contribution in [2.45, 2.75) is 58.0 Å². The van der Waals surface area contributed by atoms with E-state index in [-0.39, 0.29) is 40.5 Å². The number of aliphatic hydroxyl groups is 1. The Labute approximate surface area is 142 Å². The van der Waals surface area contributed by atoms with Gasteiger partial charge in [-0.3, -0.25) is 9.59 Å². The fourth-order valence-corrected chi connectivity index (χ4v) is 7.40. The van der Waals surface area contributed by atoms with Crippen molar-refractivity contribution in [3.05, 3.63) is 11.6 Å². The van der Waals surface area contributed by atoms with Crippen molar-refractivity contribution < 1.29 is 19.4 Å². The summed E-state index contributed by atoms with van der Waals surface area (Å²) in [4.78, 5) is 24.0. The first-order chi connectivity index (χ1) is 11.5. The van der Waals surface area contributed by atoms with Gasteiger partial charge in [-0.15, -0.1) is 0 Å². The van der Waals surface area contributed by atoms with Crippen molar-refractivity contribution in [2.75, 3.05) is 6.61 Å². The smallest absolute Gasteiger partial charge is 0.309 e. The number of rotatable bonds is 0. The van der Waals surface area contributed by atoms with E-state index in [1.165, 1.54) is 5.57 Å². The summed E-state index contributed by atoms with van der Waals surface area (Å²) in [6, 6.07) is 0. The van der Waals surface area contributed by atoms with E-state index < -0.39 is 0 Å². The van der Waals surface area contributed by atoms with Gasteiger partial charge in [0.1, 0.15) is 0 Å². The third-order valence-corrected chi connectivity index (χ3v) is 8.39. The van der Waals surface area contributed by atoms with Crippen LogP contribution in [-0.4, -0.2) is 29.6 Å². The highest BCUT2D eigenvalue weighted by Crippen LogP contribution is 2.68. The first-order valence-corrected chi connectivity index (χ1v) is 9.54. The standard InChI is InChI=1S/C20H26O4/c1-19-7-6-12(21)8-11(19)2-3-13-14-4-5-15-18(23)24-10-20(14,15)9-16(22)17(13)19/h8,13-17,22H,2-7,9-10H2,1H3/t13-,14-,15+,16-,17+,19-,20+/m0/s1. The zero-order valence-electron chi connectivity index (χ0n) is 14.3. The molecule has 0 amide bonds. The minimum atomic E-state index is -0.386. The van der Waals surface area contributed by atoms with Gasteiger partial charge >= 0.3 is 5.97 Å². The Balaban J connectivity index is 1.56. The van der Waals surface area contributed by atoms with Crippen LogP contribution in [0, 0.1) is 34.5 Å². The van der Waals surface area contributed by atoms with Crippen LogP contribution in [0.3, 0.4) is 0 Å². The Morgan fingerprint density at radius 1 is 1.21 bits per heavy atom. The molecule has 1 heterocycles. The molecule has 24 heavy (non-hydrogen) atoms. The molecule has 0 aromatic carbocycles. The van der Waals surface area contributed by atoms with Crippen LogP contribution in [0.25, 0.3) is 0 Å². The van der Waals surface area contributed by atoms with E-state index >= 15 is 0 Å². The summed E-state index contributed by atoms with van der Waals surface area (Å²) >= 11 is 0. The van der Waals surface area contributed by atoms with Crippen LogP contribution in [-0.2, 0) is 14.3 Å². The number of cyclic esters (lactones) is 1. The molecular formula is C20H26O4. The predicted octanol–water partition coefficient (Wildman–Crippen LogP) is 2.64. The molecule has 0 aromatic heterocycles. The third kappa shape index (κ3) is 1.68. The van der Waals surface area contributed by atoms with Crippen molar-refractivity contribution in [3.63, 3.8) is 0 Å². The van der Waals surface area contributed by atoms with Crippen molar-refractivity contribution in [3.8, 4) is 0 Å². The van der Waals surface area contributed by atoms with Crippen molar-refractivity contribution in [1.29, 1.82) is 0 Å². The Morgan fingerprint density at radius 3 is 2.88 bits per heavy atom. The molecule has 0 bridgehead atoms. The zero-order valence-corrected chi connectivity index (χ0v) is 14.3. The Bertz CT molecular complexity index is 652. The molecule has 1 saturated heterocycles. The summed E-state index contributed by atoms with van der Waals surface area (Å²) in [5.74, 6) is 1.42. The van der Waals surface area contributed by atoms with Crippen LogP contribution in [0.4, 0.5) is 0 Å². The van der Waals surface area contributed by atoms with E-state index in [1.807, 2.05) is 6.08 Å². The van der Waals surface area contributed by atoms with Crippen LogP contribution >= 0.6 is 0 Å². The first kappa shape index (κ1) is 15.1. The van der Waals surface area contributed by atoms with E-state index in [1.54, 1.807) is 0 Å². The van der Waals surface area contributed by atoms with Gasteiger partial charge in [-0.1, -0.05) is 12.5 Å². The van der Waals surface area contributed by atoms with Crippen LogP contribution in [0.5, 0.6) is 0 Å². The van der Waals surface area contributed by atoms with E-state index in [9.17, 15) is 14.7 Å². The Hall–Kier alpha value is -1.16. The number of carbonyl (C=O) groups is 2. The summed E-state index contributed by atoms with van der Waals surface area (Å²) < 4.78 is 5.45. The van der Waals surface area contributed by atoms with Gasteiger partial charge in [-0.05, 0) is 67.8 Å². The molecule has 4 fully saturated rings. The van der Waals surface area contributed by atoms with Crippen molar-refractivity contribution in [1.82, 2.24) is 0 Å². The molecule has 1 N–H and O–H groups in total.